The van der Waals surface area contributed by atoms with Gasteiger partial charge in [0.2, 0.25) is 11.9 Å². The Hall–Kier alpha value is -2.98. The number of amides is 1. The predicted octanol–water partition coefficient (Wildman–Crippen LogP) is 3.03. The van der Waals surface area contributed by atoms with Crippen molar-refractivity contribution < 1.29 is 9.18 Å². The van der Waals surface area contributed by atoms with E-state index in [1.165, 1.54) is 6.20 Å². The van der Waals surface area contributed by atoms with Crippen LogP contribution in [0.25, 0.3) is 0 Å². The minimum Gasteiger partial charge on any atom is -0.368 e. The summed E-state index contributed by atoms with van der Waals surface area (Å²) < 4.78 is 14.6. The molecule has 36 heavy (non-hydrogen) atoms. The fraction of sp³-hybridized carbons (Fsp3) is 0.577. The van der Waals surface area contributed by atoms with Crippen LogP contribution in [0.3, 0.4) is 0 Å². The predicted molar refractivity (Wildman–Crippen MR) is 142 cm³/mol. The van der Waals surface area contributed by atoms with Crippen molar-refractivity contribution >= 4 is 29.0 Å². The van der Waals surface area contributed by atoms with Crippen LogP contribution in [0, 0.1) is 5.82 Å². The van der Waals surface area contributed by atoms with E-state index < -0.39 is 5.82 Å². The third-order valence-electron chi connectivity index (χ3n) is 7.86. The first-order chi connectivity index (χ1) is 16.9. The summed E-state index contributed by atoms with van der Waals surface area (Å²) in [5.74, 6) is -0.248. The number of aromatic nitrogens is 2. The zero-order valence-corrected chi connectivity index (χ0v) is 22.2. The first-order valence-electron chi connectivity index (χ1n) is 12.5. The van der Waals surface area contributed by atoms with Crippen molar-refractivity contribution in [3.63, 3.8) is 0 Å². The fourth-order valence-corrected chi connectivity index (χ4v) is 5.50. The number of nitrogens with one attached hydrogen (secondary N) is 2. The van der Waals surface area contributed by atoms with Crippen molar-refractivity contribution in [3.05, 3.63) is 36.3 Å². The number of hydrogen-bond donors (Lipinski definition) is 3. The Labute approximate surface area is 213 Å². The van der Waals surface area contributed by atoms with Crippen molar-refractivity contribution in [1.29, 1.82) is 0 Å². The smallest absolute Gasteiger partial charge is 0.236 e. The molecule has 10 heteroatoms. The fourth-order valence-electron chi connectivity index (χ4n) is 5.50. The lowest BCUT2D eigenvalue weighted by Gasteiger charge is -2.53. The Bertz CT molecular complexity index is 1070. The SMILES string of the molecule is CN1CCN(c2ccc(Nc3ncc(F)c(NC4CC(C)(C)N(C)C(C)(C)C4)n3)cc2)CC1C(N)=O. The van der Waals surface area contributed by atoms with E-state index >= 15 is 0 Å². The number of rotatable bonds is 6. The van der Waals surface area contributed by atoms with Gasteiger partial charge in [-0.3, -0.25) is 14.6 Å². The molecule has 2 fully saturated rings. The molecule has 4 rings (SSSR count). The van der Waals surface area contributed by atoms with Gasteiger partial charge < -0.3 is 21.3 Å². The average Bonchev–Trinajstić information content (AvgIpc) is 2.80. The number of piperazine rings is 1. The topological polar surface area (TPSA) is 103 Å². The second-order valence-electron chi connectivity index (χ2n) is 11.3. The van der Waals surface area contributed by atoms with Gasteiger partial charge in [0.1, 0.15) is 6.04 Å². The molecule has 0 aliphatic carbocycles. The first kappa shape index (κ1) is 26.1. The molecule has 3 heterocycles. The van der Waals surface area contributed by atoms with Gasteiger partial charge >= 0.3 is 0 Å². The van der Waals surface area contributed by atoms with Gasteiger partial charge in [-0.05, 0) is 78.9 Å². The molecule has 2 aromatic rings. The molecule has 2 aliphatic rings. The Balaban J connectivity index is 1.43. The van der Waals surface area contributed by atoms with E-state index in [2.05, 4.69) is 65.1 Å². The van der Waals surface area contributed by atoms with Crippen LogP contribution >= 0.6 is 0 Å². The zero-order valence-electron chi connectivity index (χ0n) is 22.2. The molecule has 4 N–H and O–H groups in total. The molecule has 1 amide bonds. The van der Waals surface area contributed by atoms with Crippen LogP contribution in [0.4, 0.5) is 27.5 Å². The van der Waals surface area contributed by atoms with E-state index in [9.17, 15) is 9.18 Å². The van der Waals surface area contributed by atoms with E-state index in [0.717, 1.165) is 37.3 Å². The number of likely N-dealkylation sites (N-methyl/N-ethyl adjacent to an activating group) is 1. The van der Waals surface area contributed by atoms with E-state index in [-0.39, 0.29) is 34.9 Å². The van der Waals surface area contributed by atoms with Crippen molar-refractivity contribution in [1.82, 2.24) is 19.8 Å². The third kappa shape index (κ3) is 5.54. The third-order valence-corrected chi connectivity index (χ3v) is 7.86. The Kier molecular flexibility index (Phi) is 7.12. The molecule has 2 aliphatic heterocycles. The lowest BCUT2D eigenvalue weighted by Crippen LogP contribution is -2.61. The van der Waals surface area contributed by atoms with Crippen LogP contribution in [0.5, 0.6) is 0 Å². The highest BCUT2D eigenvalue weighted by Crippen LogP contribution is 2.38. The van der Waals surface area contributed by atoms with E-state index in [0.29, 0.717) is 12.5 Å². The standard InChI is InChI=1S/C26H39FN8O/c1-25(2)13-18(14-26(3,4)34(25)6)30-23-20(27)15-29-24(32-23)31-17-7-9-19(10-8-17)35-12-11-33(5)21(16-35)22(28)36/h7-10,15,18,21H,11-14,16H2,1-6H3,(H2,28,36)(H2,29,30,31,32). The maximum absolute atomic E-state index is 14.6. The molecule has 0 spiro atoms. The van der Waals surface area contributed by atoms with Gasteiger partial charge in [-0.2, -0.15) is 4.98 Å². The molecule has 1 aromatic carbocycles. The van der Waals surface area contributed by atoms with Crippen molar-refractivity contribution in [3.8, 4) is 0 Å². The minimum absolute atomic E-state index is 0.0209. The molecule has 1 atom stereocenters. The number of nitrogens with two attached hydrogens (primary N) is 1. The summed E-state index contributed by atoms with van der Waals surface area (Å²) in [6.45, 7) is 11.0. The van der Waals surface area contributed by atoms with Gasteiger partial charge in [0.15, 0.2) is 11.6 Å². The quantitative estimate of drug-likeness (QED) is 0.559. The summed E-state index contributed by atoms with van der Waals surface area (Å²) >= 11 is 0. The van der Waals surface area contributed by atoms with Gasteiger partial charge in [0, 0.05) is 48.1 Å². The van der Waals surface area contributed by atoms with E-state index in [1.54, 1.807) is 0 Å². The summed E-state index contributed by atoms with van der Waals surface area (Å²) in [7, 11) is 4.06. The van der Waals surface area contributed by atoms with Crippen LogP contribution in [0.2, 0.25) is 0 Å². The van der Waals surface area contributed by atoms with E-state index in [1.807, 2.05) is 36.2 Å². The number of halogens is 1. The summed E-state index contributed by atoms with van der Waals surface area (Å²) in [6, 6.07) is 7.60. The molecule has 196 valence electrons. The molecule has 0 bridgehead atoms. The molecule has 1 unspecified atom stereocenters. The molecular weight excluding hydrogens is 459 g/mol. The van der Waals surface area contributed by atoms with Gasteiger partial charge in [-0.25, -0.2) is 9.37 Å². The Morgan fingerprint density at radius 1 is 1.08 bits per heavy atom. The van der Waals surface area contributed by atoms with Crippen LogP contribution in [0.15, 0.2) is 30.5 Å². The Morgan fingerprint density at radius 2 is 1.72 bits per heavy atom. The lowest BCUT2D eigenvalue weighted by molar-refractivity contribution is -0.122. The number of likely N-dealkylation sites (tertiary alicyclic amines) is 1. The first-order valence-corrected chi connectivity index (χ1v) is 12.5. The number of benzene rings is 1. The number of carbonyl (C=O) groups is 1. The summed E-state index contributed by atoms with van der Waals surface area (Å²) in [4.78, 5) is 26.8. The molecule has 0 radical (unpaired) electrons. The largest absolute Gasteiger partial charge is 0.368 e. The number of piperidine rings is 1. The van der Waals surface area contributed by atoms with Crippen molar-refractivity contribution in [2.24, 2.45) is 5.73 Å². The van der Waals surface area contributed by atoms with Crippen LogP contribution < -0.4 is 21.3 Å². The van der Waals surface area contributed by atoms with Crippen LogP contribution in [-0.2, 0) is 4.79 Å². The normalized spacial score (nSPS) is 22.9. The number of carbonyl (C=O) groups excluding carboxylic acids is 1. The van der Waals surface area contributed by atoms with Gasteiger partial charge in [0.25, 0.3) is 0 Å². The number of hydrogen-bond acceptors (Lipinski definition) is 8. The second kappa shape index (κ2) is 9.82. The second-order valence-corrected chi connectivity index (χ2v) is 11.3. The maximum atomic E-state index is 14.6. The number of primary amides is 1. The van der Waals surface area contributed by atoms with Crippen LogP contribution in [-0.4, -0.2) is 82.6 Å². The van der Waals surface area contributed by atoms with Gasteiger partial charge in [-0.15, -0.1) is 0 Å². The molecule has 2 saturated heterocycles. The molecule has 0 saturated carbocycles. The highest BCUT2D eigenvalue weighted by atomic mass is 19.1. The minimum atomic E-state index is -0.468. The van der Waals surface area contributed by atoms with Gasteiger partial charge in [-0.1, -0.05) is 0 Å². The highest BCUT2D eigenvalue weighted by molar-refractivity contribution is 5.81. The summed E-state index contributed by atoms with van der Waals surface area (Å²) in [5.41, 5.74) is 7.31. The average molecular weight is 499 g/mol. The Morgan fingerprint density at radius 3 is 2.33 bits per heavy atom. The monoisotopic (exact) mass is 498 g/mol. The number of nitrogens with zero attached hydrogens (tertiary/aromatic N) is 5. The van der Waals surface area contributed by atoms with Crippen molar-refractivity contribution in [2.45, 2.75) is 63.7 Å². The maximum Gasteiger partial charge on any atom is 0.236 e. The summed E-state index contributed by atoms with van der Waals surface area (Å²) in [5, 5.41) is 6.51. The van der Waals surface area contributed by atoms with E-state index in [4.69, 9.17) is 5.73 Å². The molecule has 1 aromatic heterocycles. The van der Waals surface area contributed by atoms with Crippen molar-refractivity contribution in [2.75, 3.05) is 49.3 Å². The zero-order chi connectivity index (χ0) is 26.3. The summed E-state index contributed by atoms with van der Waals surface area (Å²) in [6.07, 6.45) is 2.96. The molecular formula is C26H39FN8O. The highest BCUT2D eigenvalue weighted by Gasteiger charge is 2.43. The van der Waals surface area contributed by atoms with Crippen LogP contribution in [0.1, 0.15) is 40.5 Å². The molecule has 9 nitrogen and oxygen atoms in total. The van der Waals surface area contributed by atoms with Gasteiger partial charge in [0.05, 0.1) is 6.20 Å². The number of anilines is 4. The lowest BCUT2D eigenvalue weighted by atomic mass is 9.77.